The van der Waals surface area contributed by atoms with E-state index in [4.69, 9.17) is 6.57 Å². The van der Waals surface area contributed by atoms with E-state index in [1.165, 1.54) is 0 Å². The zero-order valence-electron chi connectivity index (χ0n) is 13.2. The molecule has 0 spiro atoms. The van der Waals surface area contributed by atoms with Crippen molar-refractivity contribution in [1.82, 2.24) is 14.7 Å². The van der Waals surface area contributed by atoms with Crippen LogP contribution in [0.1, 0.15) is 27.7 Å². The number of amides is 1. The van der Waals surface area contributed by atoms with Gasteiger partial charge in [0.1, 0.15) is 12.6 Å². The zero-order chi connectivity index (χ0) is 16.9. The number of rotatable bonds is 2. The molecule has 8 heteroatoms. The monoisotopic (exact) mass is 318 g/mol. The van der Waals surface area contributed by atoms with Crippen molar-refractivity contribution in [1.29, 1.82) is 0 Å². The van der Waals surface area contributed by atoms with Crippen LogP contribution in [-0.2, 0) is 4.79 Å². The van der Waals surface area contributed by atoms with Crippen LogP contribution in [0, 0.1) is 6.57 Å². The molecular formula is C14H21F3N4O. The number of hydrogen-bond donors (Lipinski definition) is 0. The lowest BCUT2D eigenvalue weighted by Crippen LogP contribution is -2.61. The lowest BCUT2D eigenvalue weighted by molar-refractivity contribution is -0.169. The first-order valence-electron chi connectivity index (χ1n) is 7.19. The molecule has 0 saturated carbocycles. The summed E-state index contributed by atoms with van der Waals surface area (Å²) in [4.78, 5) is 20.6. The highest BCUT2D eigenvalue weighted by Crippen LogP contribution is 2.37. The molecule has 0 aromatic carbocycles. The van der Waals surface area contributed by atoms with Crippen LogP contribution in [0.2, 0.25) is 0 Å². The van der Waals surface area contributed by atoms with E-state index in [0.717, 1.165) is 4.90 Å². The van der Waals surface area contributed by atoms with E-state index in [2.05, 4.69) is 4.85 Å². The van der Waals surface area contributed by atoms with E-state index in [1.807, 2.05) is 9.80 Å². The molecule has 0 radical (unpaired) electrons. The second-order valence-corrected chi connectivity index (χ2v) is 6.80. The fraction of sp³-hybridized carbons (Fsp3) is 0.857. The molecule has 1 unspecified atom stereocenters. The maximum Gasteiger partial charge on any atom is 0.406 e. The number of carbonyl (C=O) groups is 1. The average Bonchev–Trinajstić information content (AvgIpc) is 2.58. The van der Waals surface area contributed by atoms with Gasteiger partial charge >= 0.3 is 6.18 Å². The SMILES string of the molecule is [C-]#[N+]C(C)(C)N1CCN2C(C1)C(=O)N(CC(F)(F)F)C2(C)C. The van der Waals surface area contributed by atoms with E-state index in [9.17, 15) is 18.0 Å². The summed E-state index contributed by atoms with van der Waals surface area (Å²) >= 11 is 0. The summed E-state index contributed by atoms with van der Waals surface area (Å²) < 4.78 is 38.3. The van der Waals surface area contributed by atoms with Gasteiger partial charge in [-0.25, -0.2) is 11.5 Å². The Morgan fingerprint density at radius 3 is 2.41 bits per heavy atom. The Kier molecular flexibility index (Phi) is 3.95. The van der Waals surface area contributed by atoms with E-state index < -0.39 is 36.0 Å². The Balaban J connectivity index is 2.24. The lowest BCUT2D eigenvalue weighted by atomic mass is 10.1. The van der Waals surface area contributed by atoms with Crippen LogP contribution in [0.15, 0.2) is 0 Å². The second-order valence-electron chi connectivity index (χ2n) is 6.80. The fourth-order valence-electron chi connectivity index (χ4n) is 3.27. The highest BCUT2D eigenvalue weighted by Gasteiger charge is 2.56. The van der Waals surface area contributed by atoms with Crippen molar-refractivity contribution in [2.75, 3.05) is 26.2 Å². The fourth-order valence-corrected chi connectivity index (χ4v) is 3.27. The number of fused-ring (bicyclic) bond motifs is 1. The van der Waals surface area contributed by atoms with Crippen LogP contribution in [-0.4, -0.2) is 70.3 Å². The molecule has 124 valence electrons. The van der Waals surface area contributed by atoms with Gasteiger partial charge in [0, 0.05) is 33.5 Å². The smallest absolute Gasteiger partial charge is 0.314 e. The number of hydrogen-bond acceptors (Lipinski definition) is 3. The topological polar surface area (TPSA) is 31.1 Å². The predicted molar refractivity (Wildman–Crippen MR) is 74.6 cm³/mol. The molecule has 2 saturated heterocycles. The summed E-state index contributed by atoms with van der Waals surface area (Å²) in [6.45, 7) is 14.1. The number of alkyl halides is 3. The first kappa shape index (κ1) is 17.0. The van der Waals surface area contributed by atoms with Gasteiger partial charge in [0.15, 0.2) is 0 Å². The predicted octanol–water partition coefficient (Wildman–Crippen LogP) is 1.77. The van der Waals surface area contributed by atoms with Gasteiger partial charge in [0.2, 0.25) is 5.91 Å². The van der Waals surface area contributed by atoms with Crippen LogP contribution in [0.25, 0.3) is 4.85 Å². The van der Waals surface area contributed by atoms with Gasteiger partial charge in [0.25, 0.3) is 5.66 Å². The molecule has 2 rings (SSSR count). The Morgan fingerprint density at radius 2 is 1.91 bits per heavy atom. The molecule has 0 aromatic heterocycles. The number of halogens is 3. The van der Waals surface area contributed by atoms with Crippen molar-refractivity contribution < 1.29 is 18.0 Å². The maximum absolute atomic E-state index is 12.8. The molecule has 1 amide bonds. The minimum absolute atomic E-state index is 0.284. The first-order valence-corrected chi connectivity index (χ1v) is 7.19. The zero-order valence-corrected chi connectivity index (χ0v) is 13.2. The Labute approximate surface area is 128 Å². The summed E-state index contributed by atoms with van der Waals surface area (Å²) in [5, 5.41) is 0. The quantitative estimate of drug-likeness (QED) is 0.727. The molecule has 22 heavy (non-hydrogen) atoms. The molecule has 0 N–H and O–H groups in total. The largest absolute Gasteiger partial charge is 0.406 e. The number of nitrogens with zero attached hydrogens (tertiary/aromatic N) is 4. The maximum atomic E-state index is 12.8. The highest BCUT2D eigenvalue weighted by atomic mass is 19.4. The molecule has 2 heterocycles. The number of piperazine rings is 1. The molecule has 2 aliphatic heterocycles. The van der Waals surface area contributed by atoms with Gasteiger partial charge in [-0.3, -0.25) is 14.5 Å². The third kappa shape index (κ3) is 2.79. The van der Waals surface area contributed by atoms with E-state index >= 15 is 0 Å². The molecule has 0 bridgehead atoms. The molecule has 0 aromatic rings. The molecule has 2 aliphatic rings. The number of carbonyl (C=O) groups excluding carboxylic acids is 1. The van der Waals surface area contributed by atoms with Gasteiger partial charge in [-0.15, -0.1) is 0 Å². The Bertz CT molecular complexity index is 509. The summed E-state index contributed by atoms with van der Waals surface area (Å²) in [7, 11) is 0. The summed E-state index contributed by atoms with van der Waals surface area (Å²) in [6, 6.07) is -0.618. The van der Waals surface area contributed by atoms with E-state index in [0.29, 0.717) is 13.1 Å². The molecule has 0 aliphatic carbocycles. The van der Waals surface area contributed by atoms with Crippen molar-refractivity contribution in [3.63, 3.8) is 0 Å². The summed E-state index contributed by atoms with van der Waals surface area (Å²) in [5.74, 6) is -0.507. The van der Waals surface area contributed by atoms with Gasteiger partial charge in [-0.05, 0) is 13.8 Å². The molecular weight excluding hydrogens is 297 g/mol. The Morgan fingerprint density at radius 1 is 1.32 bits per heavy atom. The lowest BCUT2D eigenvalue weighted by Gasteiger charge is -2.44. The molecule has 5 nitrogen and oxygen atoms in total. The van der Waals surface area contributed by atoms with Crippen molar-refractivity contribution in [2.45, 2.75) is 51.2 Å². The van der Waals surface area contributed by atoms with Crippen LogP contribution < -0.4 is 0 Å². The van der Waals surface area contributed by atoms with Crippen molar-refractivity contribution in [3.05, 3.63) is 11.4 Å². The van der Waals surface area contributed by atoms with Gasteiger partial charge in [0.05, 0.1) is 5.66 Å². The second kappa shape index (κ2) is 5.10. The van der Waals surface area contributed by atoms with Crippen LogP contribution in [0.5, 0.6) is 0 Å². The van der Waals surface area contributed by atoms with Crippen LogP contribution in [0.4, 0.5) is 13.2 Å². The minimum Gasteiger partial charge on any atom is -0.314 e. The van der Waals surface area contributed by atoms with E-state index in [-0.39, 0.29) is 6.54 Å². The van der Waals surface area contributed by atoms with Crippen molar-refractivity contribution in [3.8, 4) is 0 Å². The van der Waals surface area contributed by atoms with Crippen LogP contribution >= 0.6 is 0 Å². The third-order valence-electron chi connectivity index (χ3n) is 4.68. The first-order chi connectivity index (χ1) is 9.90. The Hall–Kier alpha value is -1.33. The molecule has 2 fully saturated rings. The van der Waals surface area contributed by atoms with Gasteiger partial charge in [-0.1, -0.05) is 0 Å². The minimum atomic E-state index is -4.42. The standard InChI is InChI=1S/C14H21F3N4O/c1-12(2,18-5)19-6-7-20-10(8-19)11(22)21(13(20,3)4)9-14(15,16)17/h10H,6-9H2,1-4H3. The van der Waals surface area contributed by atoms with Gasteiger partial charge < -0.3 is 4.90 Å². The molecule has 1 atom stereocenters. The summed E-state index contributed by atoms with van der Waals surface area (Å²) in [6.07, 6.45) is -4.42. The third-order valence-corrected chi connectivity index (χ3v) is 4.68. The normalized spacial score (nSPS) is 26.9. The van der Waals surface area contributed by atoms with E-state index in [1.54, 1.807) is 27.7 Å². The van der Waals surface area contributed by atoms with Gasteiger partial charge in [-0.2, -0.15) is 13.2 Å². The van der Waals surface area contributed by atoms with Crippen molar-refractivity contribution in [2.24, 2.45) is 0 Å². The highest BCUT2D eigenvalue weighted by molar-refractivity contribution is 5.85. The van der Waals surface area contributed by atoms with Crippen LogP contribution in [0.3, 0.4) is 0 Å². The summed E-state index contributed by atoms with van der Waals surface area (Å²) in [5.41, 5.74) is -1.72. The van der Waals surface area contributed by atoms with Crippen molar-refractivity contribution >= 4 is 5.91 Å². The average molecular weight is 318 g/mol.